The van der Waals surface area contributed by atoms with Crippen molar-refractivity contribution in [3.63, 3.8) is 0 Å². The van der Waals surface area contributed by atoms with Crippen molar-refractivity contribution >= 4 is 31.5 Å². The fraction of sp³-hybridized carbons (Fsp3) is 0. The number of nitrogens with zero attached hydrogens (tertiary/aromatic N) is 3. The number of benzene rings is 6. The first-order chi connectivity index (χ1) is 24.2. The fourth-order valence-corrected chi connectivity index (χ4v) is 6.22. The minimum absolute atomic E-state index is 0.0654. The molecule has 0 fully saturated rings. The van der Waals surface area contributed by atoms with E-state index < -0.39 is 6.04 Å². The van der Waals surface area contributed by atoms with Crippen LogP contribution in [0.4, 0.5) is 0 Å². The smallest absolute Gasteiger partial charge is 0.164 e. The van der Waals surface area contributed by atoms with Crippen LogP contribution in [0.5, 0.6) is 0 Å². The Hall–Kier alpha value is -5.45. The van der Waals surface area contributed by atoms with Gasteiger partial charge in [-0.25, -0.2) is 15.0 Å². The minimum atomic E-state index is -0.423. The Morgan fingerprint density at radius 2 is 0.977 bits per heavy atom. The summed E-state index contributed by atoms with van der Waals surface area (Å²) in [5, 5.41) is 0.426. The molecule has 0 saturated heterocycles. The third-order valence-corrected chi connectivity index (χ3v) is 8.33. The first-order valence-corrected chi connectivity index (χ1v) is 14.5. The molecule has 0 atom stereocenters. The lowest BCUT2D eigenvalue weighted by molar-refractivity contribution is 1.08. The van der Waals surface area contributed by atoms with Crippen molar-refractivity contribution in [2.24, 2.45) is 0 Å². The van der Waals surface area contributed by atoms with Gasteiger partial charge in [-0.2, -0.15) is 0 Å². The summed E-state index contributed by atoms with van der Waals surface area (Å²) in [5.41, 5.74) is 5.42. The topological polar surface area (TPSA) is 38.7 Å². The van der Waals surface area contributed by atoms with Gasteiger partial charge in [0.25, 0.3) is 0 Å². The molecule has 0 amide bonds. The molecule has 6 aromatic carbocycles. The molecule has 0 bridgehead atoms. The Labute approximate surface area is 263 Å². The highest BCUT2D eigenvalue weighted by Crippen LogP contribution is 2.40. The Balaban J connectivity index is 1.45. The SMILES string of the molecule is [2H]c1c([2H])c([2H])c2c(sc3c([2H])c([2H])c([2H])c(-c4nc(-c5ccc(-c6ccccc6)cc5)nc(-c5ccccc5-c5ccccc5)n4)c32)c1[2H]. The quantitative estimate of drug-likeness (QED) is 0.205. The molecule has 3 nitrogen and oxygen atoms in total. The van der Waals surface area contributed by atoms with Gasteiger partial charge in [0.15, 0.2) is 17.5 Å². The maximum Gasteiger partial charge on any atom is 0.164 e. The van der Waals surface area contributed by atoms with Crippen molar-refractivity contribution < 1.29 is 9.60 Å². The molecule has 0 spiro atoms. The van der Waals surface area contributed by atoms with Crippen LogP contribution in [0.3, 0.4) is 0 Å². The van der Waals surface area contributed by atoms with E-state index >= 15 is 0 Å². The van der Waals surface area contributed by atoms with Gasteiger partial charge in [0.1, 0.15) is 0 Å². The van der Waals surface area contributed by atoms with E-state index in [2.05, 4.69) is 0 Å². The Morgan fingerprint density at radius 1 is 0.419 bits per heavy atom. The average Bonchev–Trinajstić information content (AvgIpc) is 3.57. The number of thiophene rings is 1. The monoisotopic (exact) mass is 574 g/mol. The molecule has 8 rings (SSSR count). The Morgan fingerprint density at radius 3 is 1.74 bits per heavy atom. The summed E-state index contributed by atoms with van der Waals surface area (Å²) in [6.45, 7) is 0. The van der Waals surface area contributed by atoms with Crippen LogP contribution < -0.4 is 0 Å². The van der Waals surface area contributed by atoms with E-state index in [1.807, 2.05) is 109 Å². The van der Waals surface area contributed by atoms with Crippen molar-refractivity contribution in [3.05, 3.63) is 151 Å². The van der Waals surface area contributed by atoms with Gasteiger partial charge in [0, 0.05) is 36.9 Å². The average molecular weight is 575 g/mol. The number of fused-ring (bicyclic) bond motifs is 3. The predicted octanol–water partition coefficient (Wildman–Crippen LogP) is 10.6. The minimum Gasteiger partial charge on any atom is -0.208 e. The second kappa shape index (κ2) is 10.8. The summed E-state index contributed by atoms with van der Waals surface area (Å²) in [7, 11) is 0. The summed E-state index contributed by atoms with van der Waals surface area (Å²) >= 11 is 1.01. The number of aromatic nitrogens is 3. The zero-order chi connectivity index (χ0) is 34.7. The molecule has 2 aromatic heterocycles. The first-order valence-electron chi connectivity index (χ1n) is 17.2. The van der Waals surface area contributed by atoms with E-state index in [-0.39, 0.29) is 67.8 Å². The third-order valence-electron chi connectivity index (χ3n) is 7.31. The zero-order valence-electron chi connectivity index (χ0n) is 29.6. The van der Waals surface area contributed by atoms with E-state index in [9.17, 15) is 0 Å². The molecule has 0 aliphatic heterocycles. The Kier molecular flexibility index (Phi) is 4.72. The molecule has 4 heteroatoms. The van der Waals surface area contributed by atoms with E-state index in [1.54, 1.807) is 0 Å². The Bertz CT molecular complexity index is 2610. The lowest BCUT2D eigenvalue weighted by Crippen LogP contribution is -2.01. The summed E-state index contributed by atoms with van der Waals surface area (Å²) in [6.07, 6.45) is 0. The lowest BCUT2D eigenvalue weighted by atomic mass is 9.99. The van der Waals surface area contributed by atoms with Crippen molar-refractivity contribution in [1.29, 1.82) is 0 Å². The normalized spacial score (nSPS) is 13.5. The standard InChI is InChI=1S/C39H25N3S/c1-3-12-26(13-4-1)27-22-24-29(25-23-27)37-40-38(31-17-8-7-16-30(31)28-14-5-2-6-15-28)42-39(41-37)33-19-11-21-35-36(33)32-18-9-10-20-34(32)43-35/h1-25H/i9D,10D,11D,18D,19D,20D,21D. The van der Waals surface area contributed by atoms with Crippen LogP contribution in [0, 0.1) is 0 Å². The molecular formula is C39H25N3S. The van der Waals surface area contributed by atoms with Crippen LogP contribution in [0.2, 0.25) is 0 Å². The number of rotatable bonds is 5. The van der Waals surface area contributed by atoms with E-state index in [4.69, 9.17) is 24.5 Å². The van der Waals surface area contributed by atoms with Crippen molar-refractivity contribution in [3.8, 4) is 56.4 Å². The van der Waals surface area contributed by atoms with Gasteiger partial charge in [-0.1, -0.05) is 139 Å². The van der Waals surface area contributed by atoms with Gasteiger partial charge in [-0.05, 0) is 34.3 Å². The summed E-state index contributed by atoms with van der Waals surface area (Å²) in [6, 6.07) is 33.2. The molecule has 0 aliphatic rings. The van der Waals surface area contributed by atoms with Gasteiger partial charge in [0.2, 0.25) is 0 Å². The van der Waals surface area contributed by atoms with Gasteiger partial charge in [-0.3, -0.25) is 0 Å². The molecule has 0 radical (unpaired) electrons. The van der Waals surface area contributed by atoms with Crippen molar-refractivity contribution in [2.75, 3.05) is 0 Å². The maximum absolute atomic E-state index is 9.14. The highest BCUT2D eigenvalue weighted by atomic mass is 32.1. The van der Waals surface area contributed by atoms with Gasteiger partial charge < -0.3 is 0 Å². The molecular weight excluding hydrogens is 543 g/mol. The summed E-state index contributed by atoms with van der Waals surface area (Å²) < 4.78 is 61.3. The summed E-state index contributed by atoms with van der Waals surface area (Å²) in [4.78, 5) is 14.8. The lowest BCUT2D eigenvalue weighted by Gasteiger charge is -2.13. The predicted molar refractivity (Wildman–Crippen MR) is 180 cm³/mol. The number of hydrogen-bond acceptors (Lipinski definition) is 4. The van der Waals surface area contributed by atoms with Crippen LogP contribution in [-0.2, 0) is 0 Å². The fourth-order valence-electron chi connectivity index (χ4n) is 5.25. The number of hydrogen-bond donors (Lipinski definition) is 0. The summed E-state index contributed by atoms with van der Waals surface area (Å²) in [5.74, 6) is 0.714. The van der Waals surface area contributed by atoms with Crippen LogP contribution in [0.15, 0.2) is 151 Å². The van der Waals surface area contributed by atoms with Crippen LogP contribution in [0.1, 0.15) is 9.60 Å². The van der Waals surface area contributed by atoms with E-state index in [1.165, 1.54) is 0 Å². The van der Waals surface area contributed by atoms with Crippen molar-refractivity contribution in [1.82, 2.24) is 15.0 Å². The second-order valence-corrected chi connectivity index (χ2v) is 10.9. The zero-order valence-corrected chi connectivity index (χ0v) is 23.5. The highest BCUT2D eigenvalue weighted by Gasteiger charge is 2.18. The second-order valence-electron chi connectivity index (χ2n) is 9.92. The maximum atomic E-state index is 9.14. The molecule has 0 aliphatic carbocycles. The van der Waals surface area contributed by atoms with Crippen LogP contribution in [-0.4, -0.2) is 15.0 Å². The first kappa shape index (κ1) is 18.9. The molecule has 2 heterocycles. The van der Waals surface area contributed by atoms with Crippen LogP contribution in [0.25, 0.3) is 76.6 Å². The van der Waals surface area contributed by atoms with Gasteiger partial charge >= 0.3 is 0 Å². The van der Waals surface area contributed by atoms with Crippen LogP contribution >= 0.6 is 11.3 Å². The van der Waals surface area contributed by atoms with Gasteiger partial charge in [-0.15, -0.1) is 11.3 Å². The van der Waals surface area contributed by atoms with Gasteiger partial charge in [0.05, 0.1) is 9.60 Å². The van der Waals surface area contributed by atoms with E-state index in [0.717, 1.165) is 33.6 Å². The largest absolute Gasteiger partial charge is 0.208 e. The van der Waals surface area contributed by atoms with E-state index in [0.29, 0.717) is 22.8 Å². The molecule has 202 valence electrons. The molecule has 0 unspecified atom stereocenters. The third kappa shape index (κ3) is 4.68. The molecule has 0 saturated carbocycles. The highest BCUT2D eigenvalue weighted by molar-refractivity contribution is 7.25. The molecule has 8 aromatic rings. The molecule has 0 N–H and O–H groups in total. The molecule has 43 heavy (non-hydrogen) atoms. The van der Waals surface area contributed by atoms with Crippen molar-refractivity contribution in [2.45, 2.75) is 0 Å².